The fraction of sp³-hybridized carbons (Fsp3) is 0.231. The molecule has 1 aliphatic heterocycles. The first-order chi connectivity index (χ1) is 16.8. The average Bonchev–Trinajstić information content (AvgIpc) is 3.21. The van der Waals surface area contributed by atoms with Gasteiger partial charge in [-0.15, -0.1) is 0 Å². The first-order valence-corrected chi connectivity index (χ1v) is 11.2. The van der Waals surface area contributed by atoms with Crippen LogP contribution >= 0.6 is 0 Å². The van der Waals surface area contributed by atoms with Crippen LogP contribution in [-0.4, -0.2) is 49.5 Å². The number of carbonyl (C=O) groups is 2. The van der Waals surface area contributed by atoms with Gasteiger partial charge in [-0.1, -0.05) is 24.3 Å². The Balaban J connectivity index is 0.000000314. The lowest BCUT2D eigenvalue weighted by atomic mass is 10.0. The lowest BCUT2D eigenvalue weighted by Gasteiger charge is -2.26. The van der Waals surface area contributed by atoms with Gasteiger partial charge < -0.3 is 14.6 Å². The van der Waals surface area contributed by atoms with Gasteiger partial charge in [0.2, 0.25) is 0 Å². The highest BCUT2D eigenvalue weighted by Crippen LogP contribution is 2.30. The zero-order valence-electron chi connectivity index (χ0n) is 19.2. The first-order valence-electron chi connectivity index (χ1n) is 11.2. The highest BCUT2D eigenvalue weighted by atomic mass is 16.4. The average molecular weight is 476 g/mol. The lowest BCUT2D eigenvalue weighted by Crippen LogP contribution is -2.33. The number of aliphatic carboxylic acids is 2. The number of hydrogen-bond donors (Lipinski definition) is 2. The number of aryl methyl sites for hydroxylation is 1. The van der Waals surface area contributed by atoms with Crippen molar-refractivity contribution in [1.29, 1.82) is 0 Å². The second kappa shape index (κ2) is 10.4. The molecule has 9 nitrogen and oxygen atoms in total. The van der Waals surface area contributed by atoms with Crippen molar-refractivity contribution in [3.05, 3.63) is 93.7 Å². The number of pyridine rings is 1. The van der Waals surface area contributed by atoms with Crippen molar-refractivity contribution in [2.24, 2.45) is 0 Å². The third kappa shape index (κ3) is 5.47. The Morgan fingerprint density at radius 3 is 2.54 bits per heavy atom. The minimum Gasteiger partial charge on any atom is -0.478 e. The minimum absolute atomic E-state index is 0.0412. The second-order valence-electron chi connectivity index (χ2n) is 8.20. The highest BCUT2D eigenvalue weighted by molar-refractivity contribution is 5.89. The SMILES string of the molecule is Cc1nc2ccccn2c(=O)c1CCN1CCc2c(oc3ccccc23)C1.O=C(O)/C=C/C(=O)O. The first kappa shape index (κ1) is 23.9. The van der Waals surface area contributed by atoms with Crippen molar-refractivity contribution in [3.8, 4) is 0 Å². The van der Waals surface area contributed by atoms with E-state index < -0.39 is 11.9 Å². The molecule has 0 fully saturated rings. The summed E-state index contributed by atoms with van der Waals surface area (Å²) >= 11 is 0. The normalized spacial score (nSPS) is 13.5. The monoisotopic (exact) mass is 475 g/mol. The molecule has 0 spiro atoms. The molecule has 0 unspecified atom stereocenters. The van der Waals surface area contributed by atoms with Crippen molar-refractivity contribution in [2.45, 2.75) is 26.3 Å². The summed E-state index contributed by atoms with van der Waals surface area (Å²) in [5.41, 5.74) is 4.68. The van der Waals surface area contributed by atoms with E-state index >= 15 is 0 Å². The fourth-order valence-corrected chi connectivity index (χ4v) is 4.23. The Morgan fingerprint density at radius 1 is 1.09 bits per heavy atom. The van der Waals surface area contributed by atoms with Crippen molar-refractivity contribution in [2.75, 3.05) is 13.1 Å². The maximum Gasteiger partial charge on any atom is 0.328 e. The minimum atomic E-state index is -1.26. The molecule has 4 heterocycles. The van der Waals surface area contributed by atoms with E-state index in [1.165, 1.54) is 10.9 Å². The van der Waals surface area contributed by atoms with Crippen LogP contribution in [0.15, 0.2) is 70.0 Å². The van der Waals surface area contributed by atoms with Gasteiger partial charge in [0.25, 0.3) is 5.56 Å². The number of hydrogen-bond acceptors (Lipinski definition) is 6. The van der Waals surface area contributed by atoms with Gasteiger partial charge in [0.05, 0.1) is 6.54 Å². The highest BCUT2D eigenvalue weighted by Gasteiger charge is 2.22. The van der Waals surface area contributed by atoms with E-state index in [-0.39, 0.29) is 5.56 Å². The molecule has 0 saturated heterocycles. The molecule has 1 aromatic carbocycles. The summed E-state index contributed by atoms with van der Waals surface area (Å²) in [5, 5.41) is 16.9. The topological polar surface area (TPSA) is 125 Å². The standard InChI is InChI=1S/C22H21N3O2.C4H4O4/c1-15-16(22(26)25-11-5-4-8-21(25)23-15)9-12-24-13-10-18-17-6-2-3-7-19(17)27-20(18)14-24;5-3(6)1-2-4(7)8/h2-8,11H,9-10,12-14H2,1H3;1-2H,(H,5,6)(H,7,8)/b;2-1+. The molecule has 5 rings (SSSR count). The number of carboxylic acids is 2. The van der Waals surface area contributed by atoms with Crippen molar-refractivity contribution < 1.29 is 24.2 Å². The van der Waals surface area contributed by atoms with Gasteiger partial charge in [0, 0.05) is 53.6 Å². The molecule has 0 radical (unpaired) electrons. The summed E-state index contributed by atoms with van der Waals surface area (Å²) in [6.45, 7) is 4.54. The van der Waals surface area contributed by atoms with Gasteiger partial charge in [-0.3, -0.25) is 14.1 Å². The number of benzene rings is 1. The third-order valence-electron chi connectivity index (χ3n) is 5.91. The van der Waals surface area contributed by atoms with Crippen LogP contribution in [0.25, 0.3) is 16.6 Å². The Morgan fingerprint density at radius 2 is 1.80 bits per heavy atom. The third-order valence-corrected chi connectivity index (χ3v) is 5.91. The molecule has 35 heavy (non-hydrogen) atoms. The molecule has 180 valence electrons. The van der Waals surface area contributed by atoms with Crippen molar-refractivity contribution >= 4 is 28.6 Å². The number of rotatable bonds is 5. The summed E-state index contributed by atoms with van der Waals surface area (Å²) in [7, 11) is 0. The molecule has 0 amide bonds. The van der Waals surface area contributed by atoms with E-state index in [4.69, 9.17) is 14.6 Å². The largest absolute Gasteiger partial charge is 0.478 e. The molecule has 1 aliphatic rings. The Labute approximate surface area is 200 Å². The van der Waals surface area contributed by atoms with Gasteiger partial charge in [0.1, 0.15) is 17.0 Å². The predicted octanol–water partition coefficient (Wildman–Crippen LogP) is 3.06. The van der Waals surface area contributed by atoms with Crippen LogP contribution in [0.5, 0.6) is 0 Å². The summed E-state index contributed by atoms with van der Waals surface area (Å²) in [6.07, 6.45) is 4.59. The molecular formula is C26H25N3O6. The van der Waals surface area contributed by atoms with Crippen LogP contribution in [0.1, 0.15) is 22.6 Å². The maximum absolute atomic E-state index is 12.8. The van der Waals surface area contributed by atoms with E-state index in [1.54, 1.807) is 10.6 Å². The van der Waals surface area contributed by atoms with Crippen LogP contribution in [-0.2, 0) is 29.0 Å². The Hall–Kier alpha value is -4.24. The molecule has 4 aromatic rings. The Kier molecular flexibility index (Phi) is 7.07. The zero-order valence-corrected chi connectivity index (χ0v) is 19.2. The molecule has 0 saturated carbocycles. The molecule has 0 bridgehead atoms. The quantitative estimate of drug-likeness (QED) is 0.422. The number of fused-ring (bicyclic) bond motifs is 4. The van der Waals surface area contributed by atoms with Crippen LogP contribution in [0.3, 0.4) is 0 Å². The van der Waals surface area contributed by atoms with Gasteiger partial charge in [-0.2, -0.15) is 0 Å². The van der Waals surface area contributed by atoms with Crippen molar-refractivity contribution in [1.82, 2.24) is 14.3 Å². The van der Waals surface area contributed by atoms with Gasteiger partial charge in [-0.25, -0.2) is 14.6 Å². The number of furan rings is 1. The summed E-state index contributed by atoms with van der Waals surface area (Å²) in [5.74, 6) is -1.45. The van der Waals surface area contributed by atoms with E-state index in [0.29, 0.717) is 24.2 Å². The lowest BCUT2D eigenvalue weighted by molar-refractivity contribution is -0.134. The maximum atomic E-state index is 12.8. The summed E-state index contributed by atoms with van der Waals surface area (Å²) in [6, 6.07) is 13.9. The Bertz CT molecular complexity index is 1470. The van der Waals surface area contributed by atoms with Crippen LogP contribution in [0, 0.1) is 6.92 Å². The molecule has 2 N–H and O–H groups in total. The smallest absolute Gasteiger partial charge is 0.328 e. The molecule has 3 aromatic heterocycles. The van der Waals surface area contributed by atoms with Crippen LogP contribution in [0.2, 0.25) is 0 Å². The fourth-order valence-electron chi connectivity index (χ4n) is 4.23. The zero-order chi connectivity index (χ0) is 24.9. The number of carboxylic acid groups (broad SMARTS) is 2. The van der Waals surface area contributed by atoms with E-state index in [0.717, 1.165) is 48.7 Å². The van der Waals surface area contributed by atoms with Crippen LogP contribution in [0.4, 0.5) is 0 Å². The van der Waals surface area contributed by atoms with E-state index in [1.807, 2.05) is 37.3 Å². The van der Waals surface area contributed by atoms with Crippen molar-refractivity contribution in [3.63, 3.8) is 0 Å². The van der Waals surface area contributed by atoms with E-state index in [2.05, 4.69) is 22.0 Å². The predicted molar refractivity (Wildman–Crippen MR) is 130 cm³/mol. The number of nitrogens with zero attached hydrogens (tertiary/aromatic N) is 3. The van der Waals surface area contributed by atoms with Gasteiger partial charge >= 0.3 is 11.9 Å². The van der Waals surface area contributed by atoms with E-state index in [9.17, 15) is 14.4 Å². The summed E-state index contributed by atoms with van der Waals surface area (Å²) < 4.78 is 7.69. The second-order valence-corrected chi connectivity index (χ2v) is 8.20. The molecule has 0 atom stereocenters. The summed E-state index contributed by atoms with van der Waals surface area (Å²) in [4.78, 5) is 38.9. The number of para-hydroxylation sites is 1. The molecular weight excluding hydrogens is 450 g/mol. The molecule has 0 aliphatic carbocycles. The van der Waals surface area contributed by atoms with Gasteiger partial charge in [-0.05, 0) is 38.0 Å². The van der Waals surface area contributed by atoms with Gasteiger partial charge in [0.15, 0.2) is 0 Å². The van der Waals surface area contributed by atoms with Crippen LogP contribution < -0.4 is 5.56 Å². The number of aromatic nitrogens is 2. The molecule has 9 heteroatoms.